The van der Waals surface area contributed by atoms with Crippen LogP contribution < -0.4 is 10.9 Å². The molecule has 3 rings (SSSR count). The van der Waals surface area contributed by atoms with Gasteiger partial charge in [-0.2, -0.15) is 5.10 Å². The molecule has 3 aromatic rings. The number of aromatic nitrogens is 4. The van der Waals surface area contributed by atoms with Gasteiger partial charge in [-0.05, 0) is 17.7 Å². The van der Waals surface area contributed by atoms with Gasteiger partial charge in [-0.25, -0.2) is 9.37 Å². The van der Waals surface area contributed by atoms with Crippen LogP contribution in [0.25, 0.3) is 11.0 Å². The second kappa shape index (κ2) is 8.42. The van der Waals surface area contributed by atoms with Crippen molar-refractivity contribution in [3.63, 3.8) is 0 Å². The fourth-order valence-corrected chi connectivity index (χ4v) is 2.51. The number of aryl methyl sites for hydroxylation is 2. The smallest absolute Gasteiger partial charge is 0.308 e. The number of fused-ring (bicyclic) bond motifs is 1. The fraction of sp³-hybridized carbons (Fsp3) is 0.278. The number of amides is 1. The van der Waals surface area contributed by atoms with Crippen molar-refractivity contribution < 1.29 is 18.7 Å². The van der Waals surface area contributed by atoms with Crippen LogP contribution in [0.1, 0.15) is 12.0 Å². The summed E-state index contributed by atoms with van der Waals surface area (Å²) < 4.78 is 20.5. The zero-order valence-electron chi connectivity index (χ0n) is 15.1. The van der Waals surface area contributed by atoms with Gasteiger partial charge in [-0.15, -0.1) is 0 Å². The van der Waals surface area contributed by atoms with E-state index >= 15 is 0 Å². The molecule has 0 fully saturated rings. The average Bonchev–Trinajstić information content (AvgIpc) is 3.07. The number of halogens is 1. The second-order valence-corrected chi connectivity index (χ2v) is 6.06. The highest BCUT2D eigenvalue weighted by Gasteiger charge is 2.11. The van der Waals surface area contributed by atoms with Crippen molar-refractivity contribution >= 4 is 22.9 Å². The molecule has 1 amide bonds. The van der Waals surface area contributed by atoms with Crippen molar-refractivity contribution in [1.29, 1.82) is 0 Å². The number of esters is 1. The van der Waals surface area contributed by atoms with E-state index in [0.717, 1.165) is 5.56 Å². The molecule has 0 aliphatic carbocycles. The molecule has 146 valence electrons. The van der Waals surface area contributed by atoms with Crippen molar-refractivity contribution in [3.8, 4) is 0 Å². The quantitative estimate of drug-likeness (QED) is 0.592. The van der Waals surface area contributed by atoms with Crippen LogP contribution in [0.4, 0.5) is 4.39 Å². The number of carbonyl (C=O) groups is 2. The zero-order chi connectivity index (χ0) is 20.1. The Balaban J connectivity index is 1.44. The minimum Gasteiger partial charge on any atom is -0.456 e. The Bertz CT molecular complexity index is 1060. The van der Waals surface area contributed by atoms with Crippen molar-refractivity contribution in [2.24, 2.45) is 7.05 Å². The number of nitrogens with one attached hydrogen (secondary N) is 1. The fourth-order valence-electron chi connectivity index (χ4n) is 2.51. The third-order valence-corrected chi connectivity index (χ3v) is 4.04. The maximum absolute atomic E-state index is 12.8. The van der Waals surface area contributed by atoms with Gasteiger partial charge in [-0.1, -0.05) is 12.1 Å². The van der Waals surface area contributed by atoms with E-state index < -0.39 is 18.5 Å². The summed E-state index contributed by atoms with van der Waals surface area (Å²) in [6.07, 6.45) is 2.68. The first-order valence-corrected chi connectivity index (χ1v) is 8.48. The highest BCUT2D eigenvalue weighted by atomic mass is 19.1. The highest BCUT2D eigenvalue weighted by Crippen LogP contribution is 2.04. The lowest BCUT2D eigenvalue weighted by Crippen LogP contribution is -2.29. The summed E-state index contributed by atoms with van der Waals surface area (Å²) >= 11 is 0. The van der Waals surface area contributed by atoms with E-state index in [1.165, 1.54) is 33.9 Å². The van der Waals surface area contributed by atoms with Crippen LogP contribution in [-0.2, 0) is 34.5 Å². The molecular formula is C18H18FN5O4. The first kappa shape index (κ1) is 19.2. The number of benzene rings is 1. The van der Waals surface area contributed by atoms with Gasteiger partial charge in [0.15, 0.2) is 12.3 Å². The van der Waals surface area contributed by atoms with E-state index in [9.17, 15) is 18.8 Å². The first-order chi connectivity index (χ1) is 13.4. The number of rotatable bonds is 7. The van der Waals surface area contributed by atoms with Gasteiger partial charge >= 0.3 is 5.97 Å². The van der Waals surface area contributed by atoms with Crippen LogP contribution in [0.2, 0.25) is 0 Å². The van der Waals surface area contributed by atoms with Crippen LogP contribution in [0.3, 0.4) is 0 Å². The first-order valence-electron chi connectivity index (χ1n) is 8.48. The van der Waals surface area contributed by atoms with Crippen molar-refractivity contribution in [2.45, 2.75) is 19.5 Å². The molecule has 1 N–H and O–H groups in total. The average molecular weight is 387 g/mol. The Labute approximate surface area is 158 Å². The molecule has 0 bridgehead atoms. The molecule has 0 aliphatic heterocycles. The van der Waals surface area contributed by atoms with Crippen molar-refractivity contribution in [2.75, 3.05) is 6.61 Å². The molecule has 0 aliphatic rings. The Morgan fingerprint density at radius 3 is 2.75 bits per heavy atom. The Morgan fingerprint density at radius 1 is 1.25 bits per heavy atom. The van der Waals surface area contributed by atoms with E-state index in [4.69, 9.17) is 4.74 Å². The van der Waals surface area contributed by atoms with Gasteiger partial charge in [0.1, 0.15) is 11.2 Å². The molecule has 28 heavy (non-hydrogen) atoms. The van der Waals surface area contributed by atoms with Gasteiger partial charge in [-0.3, -0.25) is 23.6 Å². The topological polar surface area (TPSA) is 108 Å². The molecule has 0 radical (unpaired) electrons. The summed E-state index contributed by atoms with van der Waals surface area (Å²) in [5.74, 6) is -1.45. The summed E-state index contributed by atoms with van der Waals surface area (Å²) in [5, 5.41) is 6.90. The molecule has 0 saturated heterocycles. The Morgan fingerprint density at radius 2 is 2.00 bits per heavy atom. The van der Waals surface area contributed by atoms with Crippen LogP contribution in [0.15, 0.2) is 41.6 Å². The van der Waals surface area contributed by atoms with Gasteiger partial charge in [0, 0.05) is 20.1 Å². The lowest BCUT2D eigenvalue weighted by molar-refractivity contribution is -0.148. The van der Waals surface area contributed by atoms with Crippen LogP contribution in [0, 0.1) is 5.82 Å². The van der Waals surface area contributed by atoms with Crippen LogP contribution in [0.5, 0.6) is 0 Å². The lowest BCUT2D eigenvalue weighted by atomic mass is 10.2. The molecule has 0 saturated carbocycles. The van der Waals surface area contributed by atoms with Crippen LogP contribution in [-0.4, -0.2) is 37.8 Å². The van der Waals surface area contributed by atoms with Gasteiger partial charge < -0.3 is 10.1 Å². The highest BCUT2D eigenvalue weighted by molar-refractivity contribution is 5.80. The van der Waals surface area contributed by atoms with E-state index in [-0.39, 0.29) is 30.9 Å². The number of hydrogen-bond acceptors (Lipinski definition) is 6. The summed E-state index contributed by atoms with van der Waals surface area (Å²) in [7, 11) is 1.68. The number of carbonyl (C=O) groups excluding carboxylic acids is 2. The molecule has 2 heterocycles. The van der Waals surface area contributed by atoms with E-state index in [2.05, 4.69) is 15.4 Å². The Kier molecular flexibility index (Phi) is 5.78. The number of nitrogens with zero attached hydrogens (tertiary/aromatic N) is 4. The second-order valence-electron chi connectivity index (χ2n) is 6.06. The molecule has 1 aromatic carbocycles. The van der Waals surface area contributed by atoms with Crippen LogP contribution >= 0.6 is 0 Å². The Hall–Kier alpha value is -3.56. The minimum absolute atomic E-state index is 0.0761. The van der Waals surface area contributed by atoms with Gasteiger partial charge in [0.25, 0.3) is 11.5 Å². The minimum atomic E-state index is -0.616. The normalized spacial score (nSPS) is 10.8. The molecule has 2 aromatic heterocycles. The zero-order valence-corrected chi connectivity index (χ0v) is 15.1. The van der Waals surface area contributed by atoms with E-state index in [1.54, 1.807) is 19.2 Å². The summed E-state index contributed by atoms with van der Waals surface area (Å²) in [6.45, 7) is -0.162. The SMILES string of the molecule is Cn1ncc2c(=O)n(CCC(=O)OCC(=O)NCc3ccc(F)cc3)cnc21. The predicted octanol–water partition coefficient (Wildman–Crippen LogP) is 0.519. The van der Waals surface area contributed by atoms with Crippen molar-refractivity contribution in [1.82, 2.24) is 24.6 Å². The third kappa shape index (κ3) is 4.58. The monoisotopic (exact) mass is 387 g/mol. The number of ether oxygens (including phenoxy) is 1. The summed E-state index contributed by atoms with van der Waals surface area (Å²) in [6, 6.07) is 5.68. The van der Waals surface area contributed by atoms with E-state index in [1.807, 2.05) is 0 Å². The summed E-state index contributed by atoms with van der Waals surface area (Å²) in [5.41, 5.74) is 0.878. The van der Waals surface area contributed by atoms with Crippen molar-refractivity contribution in [3.05, 3.63) is 58.5 Å². The predicted molar refractivity (Wildman–Crippen MR) is 96.6 cm³/mol. The van der Waals surface area contributed by atoms with E-state index in [0.29, 0.717) is 11.0 Å². The molecular weight excluding hydrogens is 369 g/mol. The lowest BCUT2D eigenvalue weighted by Gasteiger charge is -2.08. The molecule has 9 nitrogen and oxygen atoms in total. The van der Waals surface area contributed by atoms with Gasteiger partial charge in [0.05, 0.1) is 18.9 Å². The molecule has 0 atom stereocenters. The van der Waals surface area contributed by atoms with Gasteiger partial charge in [0.2, 0.25) is 0 Å². The number of hydrogen-bond donors (Lipinski definition) is 1. The third-order valence-electron chi connectivity index (χ3n) is 4.04. The maximum atomic E-state index is 12.8. The molecule has 10 heteroatoms. The maximum Gasteiger partial charge on any atom is 0.308 e. The molecule has 0 spiro atoms. The largest absolute Gasteiger partial charge is 0.456 e. The summed E-state index contributed by atoms with van der Waals surface area (Å²) in [4.78, 5) is 40.0. The standard InChI is InChI=1S/C18H18FN5O4/c1-23-17-14(9-22-23)18(27)24(11-21-17)7-6-16(26)28-10-15(25)20-8-12-2-4-13(19)5-3-12/h2-5,9,11H,6-8,10H2,1H3,(H,20,25). The molecule has 0 unspecified atom stereocenters.